The molecule has 0 rings (SSSR count). The highest BCUT2D eigenvalue weighted by molar-refractivity contribution is 5.77. The van der Waals surface area contributed by atoms with E-state index in [0.717, 1.165) is 83.5 Å². The molecule has 350 valence electrons. The highest BCUT2D eigenvalue weighted by Gasteiger charge is 2.24. The third kappa shape index (κ3) is 43.5. The molecule has 0 radical (unpaired) electrons. The number of ether oxygens (including phenoxy) is 1. The number of amides is 1. The third-order valence-corrected chi connectivity index (χ3v) is 11.1. The minimum atomic E-state index is -0.804. The second-order valence-corrected chi connectivity index (χ2v) is 17.0. The number of allylic oxidation sites excluding steroid dienone is 14. The number of aliphatic hydroxyl groups is 2. The summed E-state index contributed by atoms with van der Waals surface area (Å²) in [5.41, 5.74) is 0. The van der Waals surface area contributed by atoms with Crippen molar-refractivity contribution in [2.24, 2.45) is 0 Å². The zero-order valence-corrected chi connectivity index (χ0v) is 39.8. The molecule has 0 saturated carbocycles. The average molecular weight is 850 g/mol. The molecule has 0 aliphatic carbocycles. The summed E-state index contributed by atoms with van der Waals surface area (Å²) >= 11 is 0. The Bertz CT molecular complexity index is 1180. The number of hydrogen-bond acceptors (Lipinski definition) is 5. The van der Waals surface area contributed by atoms with Crippen molar-refractivity contribution in [2.45, 2.75) is 244 Å². The number of rotatable bonds is 44. The lowest BCUT2D eigenvalue weighted by atomic mass is 10.0. The van der Waals surface area contributed by atoms with Crippen molar-refractivity contribution in [3.05, 3.63) is 85.1 Å². The molecular formula is C55H95NO5. The van der Waals surface area contributed by atoms with Gasteiger partial charge >= 0.3 is 5.97 Å². The van der Waals surface area contributed by atoms with Gasteiger partial charge in [0.2, 0.25) is 5.91 Å². The molecule has 0 aromatic heterocycles. The van der Waals surface area contributed by atoms with Crippen LogP contribution in [0.15, 0.2) is 85.1 Å². The third-order valence-electron chi connectivity index (χ3n) is 11.1. The quantitative estimate of drug-likeness (QED) is 0.0322. The first-order valence-electron chi connectivity index (χ1n) is 25.4. The first-order valence-corrected chi connectivity index (χ1v) is 25.4. The fourth-order valence-corrected chi connectivity index (χ4v) is 7.32. The predicted molar refractivity (Wildman–Crippen MR) is 264 cm³/mol. The molecule has 0 aromatic carbocycles. The van der Waals surface area contributed by atoms with Crippen molar-refractivity contribution in [1.29, 1.82) is 0 Å². The highest BCUT2D eigenvalue weighted by atomic mass is 16.5. The number of carbonyl (C=O) groups is 2. The molecule has 6 nitrogen and oxygen atoms in total. The molecule has 0 bridgehead atoms. The van der Waals surface area contributed by atoms with Crippen molar-refractivity contribution in [3.63, 3.8) is 0 Å². The van der Waals surface area contributed by atoms with Gasteiger partial charge in [-0.2, -0.15) is 0 Å². The summed E-state index contributed by atoms with van der Waals surface area (Å²) in [5, 5.41) is 23.8. The summed E-state index contributed by atoms with van der Waals surface area (Å²) in [5.74, 6) is -0.531. The number of esters is 1. The lowest BCUT2D eigenvalue weighted by molar-refractivity contribution is -0.151. The largest absolute Gasteiger partial charge is 0.462 e. The standard InChI is InChI=1S/C55H95NO5/c1-4-7-10-13-16-19-22-25-27-30-33-36-39-42-45-48-55(60)61-51(46-43-40-37-34-31-28-24-21-18-15-12-9-6-3)49-54(59)56-52(50-57)53(58)47-44-41-38-35-32-29-26-23-20-17-14-11-8-5-2/h7,9-10,12-13,15-16,18-19,21-22,24,28,31,51-53,57-58H,4-6,8,11,14,17,20,23,25-27,29-30,32-50H2,1-3H3,(H,56,59)/b10-7+,12-9+,16-13+,18-15+,22-19+,24-21+,31-28-. The van der Waals surface area contributed by atoms with Crippen LogP contribution in [-0.4, -0.2) is 46.9 Å². The molecule has 3 unspecified atom stereocenters. The van der Waals surface area contributed by atoms with E-state index in [4.69, 9.17) is 4.74 Å². The normalized spacial score (nSPS) is 14.0. The number of hydrogen-bond donors (Lipinski definition) is 3. The Morgan fingerprint density at radius 3 is 1.36 bits per heavy atom. The smallest absolute Gasteiger partial charge is 0.306 e. The van der Waals surface area contributed by atoms with Crippen molar-refractivity contribution in [3.8, 4) is 0 Å². The van der Waals surface area contributed by atoms with Crippen LogP contribution < -0.4 is 5.32 Å². The number of carbonyl (C=O) groups excluding carboxylic acids is 2. The van der Waals surface area contributed by atoms with Gasteiger partial charge in [-0.15, -0.1) is 0 Å². The molecular weight excluding hydrogens is 755 g/mol. The van der Waals surface area contributed by atoms with Gasteiger partial charge in [0.1, 0.15) is 6.10 Å². The molecule has 3 N–H and O–H groups in total. The van der Waals surface area contributed by atoms with Gasteiger partial charge in [0.15, 0.2) is 0 Å². The maximum atomic E-state index is 13.2. The first-order chi connectivity index (χ1) is 30.0. The van der Waals surface area contributed by atoms with Gasteiger partial charge in [0.05, 0.1) is 25.2 Å². The molecule has 6 heteroatoms. The number of aliphatic hydroxyl groups excluding tert-OH is 2. The van der Waals surface area contributed by atoms with Crippen molar-refractivity contribution < 1.29 is 24.5 Å². The van der Waals surface area contributed by atoms with E-state index >= 15 is 0 Å². The van der Waals surface area contributed by atoms with Gasteiger partial charge in [-0.1, -0.05) is 234 Å². The number of nitrogens with one attached hydrogen (secondary N) is 1. The van der Waals surface area contributed by atoms with E-state index in [2.05, 4.69) is 86.8 Å². The number of unbranched alkanes of at least 4 members (excludes halogenated alkanes) is 23. The minimum Gasteiger partial charge on any atom is -0.462 e. The lowest BCUT2D eigenvalue weighted by Gasteiger charge is -2.24. The fraction of sp³-hybridized carbons (Fsp3) is 0.709. The Labute approximate surface area is 376 Å². The van der Waals surface area contributed by atoms with Crippen LogP contribution >= 0.6 is 0 Å². The second-order valence-electron chi connectivity index (χ2n) is 17.0. The average Bonchev–Trinajstić information content (AvgIpc) is 3.25. The van der Waals surface area contributed by atoms with Crippen LogP contribution in [0.5, 0.6) is 0 Å². The molecule has 0 heterocycles. The van der Waals surface area contributed by atoms with E-state index in [0.29, 0.717) is 19.3 Å². The van der Waals surface area contributed by atoms with Crippen LogP contribution in [0.25, 0.3) is 0 Å². The van der Waals surface area contributed by atoms with Crippen molar-refractivity contribution in [2.75, 3.05) is 6.61 Å². The van der Waals surface area contributed by atoms with E-state index in [-0.39, 0.29) is 24.9 Å². The highest BCUT2D eigenvalue weighted by Crippen LogP contribution is 2.17. The van der Waals surface area contributed by atoms with Crippen LogP contribution in [0.1, 0.15) is 226 Å². The van der Waals surface area contributed by atoms with Gasteiger partial charge < -0.3 is 20.3 Å². The summed E-state index contributed by atoms with van der Waals surface area (Å²) in [6, 6.07) is -0.721. The van der Waals surface area contributed by atoms with Crippen LogP contribution in [0.4, 0.5) is 0 Å². The summed E-state index contributed by atoms with van der Waals surface area (Å²) in [6.07, 6.45) is 62.1. The zero-order valence-electron chi connectivity index (χ0n) is 39.8. The maximum absolute atomic E-state index is 13.2. The molecule has 3 atom stereocenters. The van der Waals surface area contributed by atoms with Crippen LogP contribution in [0.3, 0.4) is 0 Å². The maximum Gasteiger partial charge on any atom is 0.306 e. The second kappa shape index (κ2) is 48.1. The van der Waals surface area contributed by atoms with Gasteiger partial charge in [-0.3, -0.25) is 9.59 Å². The summed E-state index contributed by atoms with van der Waals surface area (Å²) < 4.78 is 5.91. The van der Waals surface area contributed by atoms with E-state index in [9.17, 15) is 19.8 Å². The fourth-order valence-electron chi connectivity index (χ4n) is 7.32. The van der Waals surface area contributed by atoms with Crippen molar-refractivity contribution >= 4 is 11.9 Å². The Hall–Kier alpha value is -2.96. The molecule has 0 saturated heterocycles. The van der Waals surface area contributed by atoms with Gasteiger partial charge in [0.25, 0.3) is 0 Å². The molecule has 0 fully saturated rings. The van der Waals surface area contributed by atoms with E-state index in [1.807, 2.05) is 24.3 Å². The van der Waals surface area contributed by atoms with E-state index < -0.39 is 18.2 Å². The van der Waals surface area contributed by atoms with Crippen LogP contribution in [0, 0.1) is 0 Å². The Kier molecular flexibility index (Phi) is 45.7. The van der Waals surface area contributed by atoms with Gasteiger partial charge in [0, 0.05) is 6.42 Å². The summed E-state index contributed by atoms with van der Waals surface area (Å²) in [6.45, 7) is 6.20. The monoisotopic (exact) mass is 850 g/mol. The molecule has 61 heavy (non-hydrogen) atoms. The van der Waals surface area contributed by atoms with Gasteiger partial charge in [-0.25, -0.2) is 0 Å². The van der Waals surface area contributed by atoms with Gasteiger partial charge in [-0.05, 0) is 64.2 Å². The lowest BCUT2D eigenvalue weighted by Crippen LogP contribution is -2.46. The molecule has 0 aliphatic heterocycles. The van der Waals surface area contributed by atoms with E-state index in [1.54, 1.807) is 0 Å². The summed E-state index contributed by atoms with van der Waals surface area (Å²) in [4.78, 5) is 26.1. The van der Waals surface area contributed by atoms with Crippen molar-refractivity contribution in [1.82, 2.24) is 5.32 Å². The minimum absolute atomic E-state index is 0.0425. The summed E-state index contributed by atoms with van der Waals surface area (Å²) in [7, 11) is 0. The molecule has 0 aromatic rings. The molecule has 0 spiro atoms. The van der Waals surface area contributed by atoms with Crippen LogP contribution in [-0.2, 0) is 14.3 Å². The molecule has 0 aliphatic rings. The molecule has 1 amide bonds. The van der Waals surface area contributed by atoms with Crippen LogP contribution in [0.2, 0.25) is 0 Å². The Morgan fingerprint density at radius 2 is 0.885 bits per heavy atom. The Balaban J connectivity index is 4.65. The SMILES string of the molecule is CC/C=C/C=C/C=C/C=C\CCCCCC(CC(=O)NC(CO)C(O)CCCCCCCCCCCCCCCC)OC(=O)CCCCCCCCC/C=C/C=C/C=C/CC. The zero-order chi connectivity index (χ0) is 44.5. The predicted octanol–water partition coefficient (Wildman–Crippen LogP) is 15.2. The Morgan fingerprint density at radius 1 is 0.492 bits per heavy atom. The topological polar surface area (TPSA) is 95.9 Å². The first kappa shape index (κ1) is 58.0. The van der Waals surface area contributed by atoms with E-state index in [1.165, 1.54) is 96.3 Å².